The van der Waals surface area contributed by atoms with Gasteiger partial charge in [0, 0.05) is 26.2 Å². The molecule has 0 aliphatic rings. The standard InChI is InChI=1S/C6H13N3S4/c7-1-2-8-3-4-9(5(10)11)6(12)13/h8H,1-4,7H2,(H,10,11)(H,12,13). The summed E-state index contributed by atoms with van der Waals surface area (Å²) in [6, 6.07) is 0. The molecule has 3 N–H and O–H groups in total. The van der Waals surface area contributed by atoms with E-state index in [0.29, 0.717) is 21.7 Å². The van der Waals surface area contributed by atoms with Gasteiger partial charge in [0.05, 0.1) is 0 Å². The van der Waals surface area contributed by atoms with Crippen LogP contribution in [0.25, 0.3) is 0 Å². The van der Waals surface area contributed by atoms with Gasteiger partial charge in [-0.1, -0.05) is 24.4 Å². The average Bonchev–Trinajstić information content (AvgIpc) is 2.02. The minimum Gasteiger partial charge on any atom is -0.329 e. The molecule has 0 aromatic carbocycles. The zero-order valence-corrected chi connectivity index (χ0v) is 10.5. The molecule has 0 unspecified atom stereocenters. The average molecular weight is 255 g/mol. The molecule has 0 aromatic rings. The van der Waals surface area contributed by atoms with Gasteiger partial charge in [0.2, 0.25) is 0 Å². The molecular formula is C6H13N3S4. The van der Waals surface area contributed by atoms with Crippen LogP contribution in [0.15, 0.2) is 0 Å². The molecule has 76 valence electrons. The summed E-state index contributed by atoms with van der Waals surface area (Å²) in [7, 11) is 0. The van der Waals surface area contributed by atoms with Gasteiger partial charge in [0.15, 0.2) is 0 Å². The van der Waals surface area contributed by atoms with E-state index in [1.807, 2.05) is 0 Å². The highest BCUT2D eigenvalue weighted by Crippen LogP contribution is 2.01. The third-order valence-corrected chi connectivity index (χ3v) is 2.22. The Balaban J connectivity index is 3.71. The summed E-state index contributed by atoms with van der Waals surface area (Å²) in [6.45, 7) is 2.84. The first-order chi connectivity index (χ1) is 6.09. The van der Waals surface area contributed by atoms with E-state index in [1.165, 1.54) is 0 Å². The number of nitrogens with two attached hydrogens (primary N) is 1. The number of thiocarbonyl (C=S) groups is 2. The number of thiol groups is 2. The quantitative estimate of drug-likeness (QED) is 0.322. The normalized spacial score (nSPS) is 9.77. The van der Waals surface area contributed by atoms with Crippen LogP contribution in [0.4, 0.5) is 0 Å². The molecule has 0 aliphatic carbocycles. The van der Waals surface area contributed by atoms with Gasteiger partial charge in [-0.15, -0.1) is 25.3 Å². The summed E-state index contributed by atoms with van der Waals surface area (Å²) in [4.78, 5) is 1.67. The van der Waals surface area contributed by atoms with Gasteiger partial charge in [-0.3, -0.25) is 0 Å². The summed E-state index contributed by atoms with van der Waals surface area (Å²) in [6.07, 6.45) is 0. The van der Waals surface area contributed by atoms with Gasteiger partial charge in [0.1, 0.15) is 8.64 Å². The first kappa shape index (κ1) is 13.6. The SMILES string of the molecule is NCCNCCN(C(=S)S)C(=S)S. The first-order valence-electron chi connectivity index (χ1n) is 3.73. The lowest BCUT2D eigenvalue weighted by atomic mass is 10.5. The van der Waals surface area contributed by atoms with E-state index in [-0.39, 0.29) is 0 Å². The summed E-state index contributed by atoms with van der Waals surface area (Å²) in [5.41, 5.74) is 5.31. The van der Waals surface area contributed by atoms with Gasteiger partial charge >= 0.3 is 0 Å². The lowest BCUT2D eigenvalue weighted by molar-refractivity contribution is 0.581. The molecule has 3 nitrogen and oxygen atoms in total. The lowest BCUT2D eigenvalue weighted by Crippen LogP contribution is -2.36. The fourth-order valence-electron chi connectivity index (χ4n) is 0.691. The number of hydrogen-bond acceptors (Lipinski definition) is 4. The van der Waals surface area contributed by atoms with Gasteiger partial charge in [-0.05, 0) is 0 Å². The van der Waals surface area contributed by atoms with Crippen molar-refractivity contribution in [2.75, 3.05) is 26.2 Å². The van der Waals surface area contributed by atoms with Crippen molar-refractivity contribution < 1.29 is 0 Å². The van der Waals surface area contributed by atoms with Crippen LogP contribution in [-0.2, 0) is 0 Å². The predicted octanol–water partition coefficient (Wildman–Crippen LogP) is 0.266. The van der Waals surface area contributed by atoms with E-state index in [9.17, 15) is 0 Å². The van der Waals surface area contributed by atoms with Gasteiger partial charge in [-0.25, -0.2) is 0 Å². The van der Waals surface area contributed by atoms with Crippen molar-refractivity contribution in [3.05, 3.63) is 0 Å². The van der Waals surface area contributed by atoms with Gasteiger partial charge in [-0.2, -0.15) is 0 Å². The lowest BCUT2D eigenvalue weighted by Gasteiger charge is -2.20. The Labute approximate surface area is 100 Å². The Morgan fingerprint density at radius 2 is 1.77 bits per heavy atom. The second-order valence-electron chi connectivity index (χ2n) is 2.26. The third kappa shape index (κ3) is 6.64. The Bertz CT molecular complexity index is 171. The van der Waals surface area contributed by atoms with Crippen LogP contribution in [0.1, 0.15) is 0 Å². The predicted molar refractivity (Wildman–Crippen MR) is 71.8 cm³/mol. The Morgan fingerprint density at radius 1 is 1.23 bits per heavy atom. The maximum atomic E-state index is 5.31. The number of hydrogen-bond donors (Lipinski definition) is 4. The van der Waals surface area contributed by atoms with Crippen molar-refractivity contribution in [2.45, 2.75) is 0 Å². The topological polar surface area (TPSA) is 41.3 Å². The monoisotopic (exact) mass is 255 g/mol. The van der Waals surface area contributed by atoms with E-state index in [0.717, 1.165) is 13.1 Å². The maximum absolute atomic E-state index is 5.31. The molecule has 0 heterocycles. The van der Waals surface area contributed by atoms with Crippen LogP contribution in [0, 0.1) is 0 Å². The molecule has 0 aromatic heterocycles. The highest BCUT2D eigenvalue weighted by atomic mass is 32.1. The highest BCUT2D eigenvalue weighted by molar-refractivity contribution is 8.13. The summed E-state index contributed by atoms with van der Waals surface area (Å²) in [5, 5.41) is 3.12. The van der Waals surface area contributed by atoms with Crippen molar-refractivity contribution in [3.8, 4) is 0 Å². The summed E-state index contributed by atoms with van der Waals surface area (Å²) in [5.74, 6) is 0. The summed E-state index contributed by atoms with van der Waals surface area (Å²) >= 11 is 17.8. The van der Waals surface area contributed by atoms with Crippen LogP contribution >= 0.6 is 49.7 Å². The third-order valence-electron chi connectivity index (χ3n) is 1.30. The molecule has 0 fully saturated rings. The first-order valence-corrected chi connectivity index (χ1v) is 5.45. The minimum atomic E-state index is 0.439. The molecule has 13 heavy (non-hydrogen) atoms. The van der Waals surface area contributed by atoms with E-state index in [2.05, 4.69) is 30.6 Å². The Hall–Kier alpha value is 0.600. The van der Waals surface area contributed by atoms with Gasteiger partial charge < -0.3 is 16.0 Å². The molecule has 0 rings (SSSR count). The van der Waals surface area contributed by atoms with E-state index in [1.54, 1.807) is 4.90 Å². The molecular weight excluding hydrogens is 242 g/mol. The van der Waals surface area contributed by atoms with Crippen molar-refractivity contribution in [1.82, 2.24) is 10.2 Å². The molecule has 7 heteroatoms. The van der Waals surface area contributed by atoms with Crippen molar-refractivity contribution in [3.63, 3.8) is 0 Å². The number of rotatable bonds is 5. The molecule has 0 radical (unpaired) electrons. The fourth-order valence-corrected chi connectivity index (χ4v) is 1.73. The second-order valence-corrected chi connectivity index (χ2v) is 4.48. The van der Waals surface area contributed by atoms with E-state index >= 15 is 0 Å². The van der Waals surface area contributed by atoms with Crippen LogP contribution in [0.2, 0.25) is 0 Å². The largest absolute Gasteiger partial charge is 0.329 e. The van der Waals surface area contributed by atoms with Crippen LogP contribution in [0.3, 0.4) is 0 Å². The smallest absolute Gasteiger partial charge is 0.138 e. The molecule has 0 amide bonds. The molecule has 0 bridgehead atoms. The molecule has 0 saturated heterocycles. The van der Waals surface area contributed by atoms with Crippen LogP contribution in [-0.4, -0.2) is 39.7 Å². The number of nitrogens with one attached hydrogen (secondary N) is 1. The van der Waals surface area contributed by atoms with Crippen molar-refractivity contribution in [2.24, 2.45) is 5.73 Å². The zero-order valence-electron chi connectivity index (χ0n) is 7.06. The fraction of sp³-hybridized carbons (Fsp3) is 0.667. The molecule has 0 atom stereocenters. The summed E-state index contributed by atoms with van der Waals surface area (Å²) < 4.78 is 0.879. The second kappa shape index (κ2) is 7.95. The Morgan fingerprint density at radius 3 is 2.15 bits per heavy atom. The van der Waals surface area contributed by atoms with Crippen LogP contribution < -0.4 is 11.1 Å². The minimum absolute atomic E-state index is 0.439. The molecule has 0 spiro atoms. The van der Waals surface area contributed by atoms with Crippen LogP contribution in [0.5, 0.6) is 0 Å². The van der Waals surface area contributed by atoms with E-state index < -0.39 is 0 Å². The van der Waals surface area contributed by atoms with Gasteiger partial charge in [0.25, 0.3) is 0 Å². The Kier molecular flexibility index (Phi) is 8.32. The maximum Gasteiger partial charge on any atom is 0.138 e. The zero-order chi connectivity index (χ0) is 10.3. The molecule has 0 aliphatic heterocycles. The van der Waals surface area contributed by atoms with E-state index in [4.69, 9.17) is 30.2 Å². The van der Waals surface area contributed by atoms with Crippen molar-refractivity contribution in [1.29, 1.82) is 0 Å². The van der Waals surface area contributed by atoms with Crippen molar-refractivity contribution >= 4 is 58.3 Å². The highest BCUT2D eigenvalue weighted by Gasteiger charge is 2.07. The molecule has 0 saturated carbocycles. The number of nitrogens with zero attached hydrogens (tertiary/aromatic N) is 1.